The van der Waals surface area contributed by atoms with Crippen LogP contribution in [0.4, 0.5) is 0 Å². The highest BCUT2D eigenvalue weighted by Crippen LogP contribution is 2.35. The van der Waals surface area contributed by atoms with E-state index in [1.54, 1.807) is 11.3 Å². The van der Waals surface area contributed by atoms with Crippen LogP contribution in [0.2, 0.25) is 0 Å². The number of fused-ring (bicyclic) bond motifs is 1. The van der Waals surface area contributed by atoms with Gasteiger partial charge in [0.25, 0.3) is 0 Å². The predicted molar refractivity (Wildman–Crippen MR) is 66.9 cm³/mol. The maximum atomic E-state index is 5.80. The van der Waals surface area contributed by atoms with Gasteiger partial charge in [-0.2, -0.15) is 0 Å². The van der Waals surface area contributed by atoms with Gasteiger partial charge in [0.2, 0.25) is 0 Å². The number of nitrogens with zero attached hydrogens (tertiary/aromatic N) is 1. The fourth-order valence-electron chi connectivity index (χ4n) is 1.66. The van der Waals surface area contributed by atoms with Crippen molar-refractivity contribution in [3.05, 3.63) is 42.4 Å². The van der Waals surface area contributed by atoms with Crippen LogP contribution in [0.1, 0.15) is 5.69 Å². The van der Waals surface area contributed by atoms with Crippen molar-refractivity contribution in [2.75, 3.05) is 0 Å². The molecule has 0 saturated carbocycles. The summed E-state index contributed by atoms with van der Waals surface area (Å²) in [5, 5.41) is 1.22. The normalized spacial score (nSPS) is 11.1. The molecule has 0 spiro atoms. The van der Waals surface area contributed by atoms with Crippen molar-refractivity contribution in [2.45, 2.75) is 5.88 Å². The van der Waals surface area contributed by atoms with E-state index in [9.17, 15) is 0 Å². The first-order valence-electron chi connectivity index (χ1n) is 4.86. The molecule has 2 heterocycles. The molecule has 0 atom stereocenters. The molecule has 3 aromatic rings. The van der Waals surface area contributed by atoms with E-state index in [4.69, 9.17) is 16.0 Å². The Morgan fingerprint density at radius 2 is 2.19 bits per heavy atom. The van der Waals surface area contributed by atoms with Gasteiger partial charge in [0.1, 0.15) is 5.69 Å². The number of aromatic nitrogens is 1. The summed E-state index contributed by atoms with van der Waals surface area (Å²) in [7, 11) is 0. The Balaban J connectivity index is 2.19. The van der Waals surface area contributed by atoms with E-state index in [2.05, 4.69) is 23.2 Å². The highest BCUT2D eigenvalue weighted by Gasteiger charge is 2.12. The zero-order valence-corrected chi connectivity index (χ0v) is 9.89. The van der Waals surface area contributed by atoms with Gasteiger partial charge in [-0.25, -0.2) is 4.98 Å². The molecule has 4 heteroatoms. The van der Waals surface area contributed by atoms with Crippen LogP contribution >= 0.6 is 22.9 Å². The standard InChI is InChI=1S/C12H8ClNOS/c13-6-9-12(15-7-14-9)11-5-8-3-1-2-4-10(8)16-11/h1-5,7H,6H2. The van der Waals surface area contributed by atoms with E-state index in [-0.39, 0.29) is 0 Å². The molecule has 80 valence electrons. The summed E-state index contributed by atoms with van der Waals surface area (Å²) in [4.78, 5) is 5.17. The number of halogens is 1. The first kappa shape index (κ1) is 9.87. The highest BCUT2D eigenvalue weighted by molar-refractivity contribution is 7.22. The molecule has 0 aliphatic rings. The van der Waals surface area contributed by atoms with Crippen molar-refractivity contribution in [3.8, 4) is 10.6 Å². The second-order valence-electron chi connectivity index (χ2n) is 3.41. The first-order chi connectivity index (χ1) is 7.88. The van der Waals surface area contributed by atoms with Crippen LogP contribution in [0.5, 0.6) is 0 Å². The molecule has 16 heavy (non-hydrogen) atoms. The van der Waals surface area contributed by atoms with Crippen LogP contribution in [0, 0.1) is 0 Å². The molecular weight excluding hydrogens is 242 g/mol. The van der Waals surface area contributed by atoms with Crippen molar-refractivity contribution in [3.63, 3.8) is 0 Å². The Labute approximate surface area is 101 Å². The molecule has 0 unspecified atom stereocenters. The van der Waals surface area contributed by atoms with Crippen LogP contribution in [-0.4, -0.2) is 4.98 Å². The summed E-state index contributed by atoms with van der Waals surface area (Å²) in [5.41, 5.74) is 0.799. The van der Waals surface area contributed by atoms with Crippen LogP contribution < -0.4 is 0 Å². The topological polar surface area (TPSA) is 26.0 Å². The monoisotopic (exact) mass is 249 g/mol. The average Bonchev–Trinajstić information content (AvgIpc) is 2.94. The van der Waals surface area contributed by atoms with Gasteiger partial charge in [-0.1, -0.05) is 18.2 Å². The molecule has 2 nitrogen and oxygen atoms in total. The molecule has 0 amide bonds. The summed E-state index contributed by atoms with van der Waals surface area (Å²) in [6.07, 6.45) is 1.44. The van der Waals surface area contributed by atoms with Crippen molar-refractivity contribution in [1.29, 1.82) is 0 Å². The molecule has 0 N–H and O–H groups in total. The minimum absolute atomic E-state index is 0.375. The average molecular weight is 250 g/mol. The zero-order valence-electron chi connectivity index (χ0n) is 8.31. The lowest BCUT2D eigenvalue weighted by atomic mass is 10.2. The molecular formula is C12H8ClNOS. The van der Waals surface area contributed by atoms with Gasteiger partial charge in [0.15, 0.2) is 12.2 Å². The summed E-state index contributed by atoms with van der Waals surface area (Å²) in [6.45, 7) is 0. The smallest absolute Gasteiger partial charge is 0.181 e. The van der Waals surface area contributed by atoms with Crippen molar-refractivity contribution < 1.29 is 4.42 Å². The molecule has 0 aliphatic heterocycles. The maximum Gasteiger partial charge on any atom is 0.181 e. The van der Waals surface area contributed by atoms with Crippen LogP contribution in [-0.2, 0) is 5.88 Å². The van der Waals surface area contributed by atoms with Gasteiger partial charge in [-0.05, 0) is 17.5 Å². The number of benzene rings is 1. The van der Waals surface area contributed by atoms with Gasteiger partial charge < -0.3 is 4.42 Å². The van der Waals surface area contributed by atoms with Crippen molar-refractivity contribution in [1.82, 2.24) is 4.98 Å². The highest BCUT2D eigenvalue weighted by atomic mass is 35.5. The van der Waals surface area contributed by atoms with E-state index in [1.165, 1.54) is 16.5 Å². The summed E-state index contributed by atoms with van der Waals surface area (Å²) in [5.74, 6) is 1.16. The lowest BCUT2D eigenvalue weighted by Gasteiger charge is -1.91. The fourth-order valence-corrected chi connectivity index (χ4v) is 2.92. The maximum absolute atomic E-state index is 5.80. The van der Waals surface area contributed by atoms with E-state index in [0.717, 1.165) is 16.3 Å². The first-order valence-corrected chi connectivity index (χ1v) is 6.21. The number of rotatable bonds is 2. The second-order valence-corrected chi connectivity index (χ2v) is 4.76. The van der Waals surface area contributed by atoms with E-state index in [1.807, 2.05) is 12.1 Å². The van der Waals surface area contributed by atoms with Crippen LogP contribution in [0.25, 0.3) is 20.7 Å². The Hall–Kier alpha value is -1.32. The third-order valence-corrected chi connectivity index (χ3v) is 3.79. The van der Waals surface area contributed by atoms with E-state index >= 15 is 0 Å². The number of alkyl halides is 1. The van der Waals surface area contributed by atoms with Gasteiger partial charge in [0, 0.05) is 4.70 Å². The lowest BCUT2D eigenvalue weighted by Crippen LogP contribution is -1.78. The molecule has 0 aliphatic carbocycles. The van der Waals surface area contributed by atoms with E-state index < -0.39 is 0 Å². The minimum atomic E-state index is 0.375. The summed E-state index contributed by atoms with van der Waals surface area (Å²) in [6, 6.07) is 10.4. The van der Waals surface area contributed by atoms with Crippen molar-refractivity contribution >= 4 is 33.0 Å². The lowest BCUT2D eigenvalue weighted by molar-refractivity contribution is 0.572. The molecule has 0 fully saturated rings. The van der Waals surface area contributed by atoms with Gasteiger partial charge in [-0.3, -0.25) is 0 Å². The second kappa shape index (κ2) is 3.92. The molecule has 1 aromatic carbocycles. The summed E-state index contributed by atoms with van der Waals surface area (Å²) < 4.78 is 6.63. The number of thiophene rings is 1. The molecule has 3 rings (SSSR count). The Morgan fingerprint density at radius 3 is 3.00 bits per heavy atom. The number of hydrogen-bond donors (Lipinski definition) is 0. The number of hydrogen-bond acceptors (Lipinski definition) is 3. The zero-order chi connectivity index (χ0) is 11.0. The SMILES string of the molecule is ClCc1ncoc1-c1cc2ccccc2s1. The van der Waals surface area contributed by atoms with Gasteiger partial charge in [-0.15, -0.1) is 22.9 Å². The fraction of sp³-hybridized carbons (Fsp3) is 0.0833. The summed E-state index contributed by atoms with van der Waals surface area (Å²) >= 11 is 7.50. The van der Waals surface area contributed by atoms with Gasteiger partial charge >= 0.3 is 0 Å². The Kier molecular flexibility index (Phi) is 2.42. The molecule has 0 bridgehead atoms. The quantitative estimate of drug-likeness (QED) is 0.633. The Bertz CT molecular complexity index is 596. The van der Waals surface area contributed by atoms with Crippen LogP contribution in [0.3, 0.4) is 0 Å². The van der Waals surface area contributed by atoms with Crippen LogP contribution in [0.15, 0.2) is 41.1 Å². The molecule has 0 radical (unpaired) electrons. The van der Waals surface area contributed by atoms with E-state index in [0.29, 0.717) is 5.88 Å². The van der Waals surface area contributed by atoms with Gasteiger partial charge in [0.05, 0.1) is 10.8 Å². The molecule has 0 saturated heterocycles. The largest absolute Gasteiger partial charge is 0.442 e. The number of oxazole rings is 1. The van der Waals surface area contributed by atoms with Crippen molar-refractivity contribution in [2.24, 2.45) is 0 Å². The third-order valence-electron chi connectivity index (χ3n) is 2.42. The third kappa shape index (κ3) is 1.52. The molecule has 2 aromatic heterocycles. The predicted octanol–water partition coefficient (Wildman–Crippen LogP) is 4.30. The minimum Gasteiger partial charge on any atom is -0.442 e. The Morgan fingerprint density at radius 1 is 1.31 bits per heavy atom.